The summed E-state index contributed by atoms with van der Waals surface area (Å²) in [6.45, 7) is 0. The van der Waals surface area contributed by atoms with Crippen LogP contribution >= 0.6 is 0 Å². The Hall–Kier alpha value is -8.14. The standard InChI is InChI=1S/C58H36N2O/c1-3-14-41(15-4-1)55-48-20-9-10-21-49(48)56(57-45-18-8-7-13-39(45)31-34-50(55)57)42-29-25-38(26-30-42)37-23-27-40(28-24-37)51-36-52(60-58(59-51)43-16-5-2-6-17-43)44-32-33-47-46-19-11-12-22-53(46)61-54(47)35-44/h1-36H. The number of benzene rings is 10. The molecular weight excluding hydrogens is 741 g/mol. The van der Waals surface area contributed by atoms with Gasteiger partial charge in [0.1, 0.15) is 11.2 Å². The highest BCUT2D eigenvalue weighted by Gasteiger charge is 2.19. The second kappa shape index (κ2) is 14.3. The van der Waals surface area contributed by atoms with Gasteiger partial charge in [0.15, 0.2) is 5.82 Å². The summed E-state index contributed by atoms with van der Waals surface area (Å²) in [4.78, 5) is 10.2. The summed E-state index contributed by atoms with van der Waals surface area (Å²) in [6.07, 6.45) is 0. The van der Waals surface area contributed by atoms with Crippen LogP contribution in [0.1, 0.15) is 0 Å². The fourth-order valence-electron chi connectivity index (χ4n) is 9.17. The third kappa shape index (κ3) is 5.98. The van der Waals surface area contributed by atoms with Crippen molar-refractivity contribution in [3.8, 4) is 67.3 Å². The molecule has 12 rings (SSSR count). The average Bonchev–Trinajstić information content (AvgIpc) is 3.72. The second-order valence-electron chi connectivity index (χ2n) is 15.7. The lowest BCUT2D eigenvalue weighted by atomic mass is 9.84. The van der Waals surface area contributed by atoms with E-state index in [1.807, 2.05) is 36.4 Å². The predicted molar refractivity (Wildman–Crippen MR) is 254 cm³/mol. The SMILES string of the molecule is c1ccc(-c2nc(-c3ccc(-c4ccc(-c5c6ccccc6c(-c6ccccc6)c6ccc7ccccc7c56)cc4)cc3)cc(-c3ccc4c(c3)oc3ccccc34)n2)cc1. The number of aromatic nitrogens is 2. The van der Waals surface area contributed by atoms with Gasteiger partial charge in [0, 0.05) is 27.5 Å². The highest BCUT2D eigenvalue weighted by atomic mass is 16.3. The van der Waals surface area contributed by atoms with E-state index < -0.39 is 0 Å². The third-order valence-corrected chi connectivity index (χ3v) is 12.1. The lowest BCUT2D eigenvalue weighted by Crippen LogP contribution is -1.96. The van der Waals surface area contributed by atoms with Crippen LogP contribution in [-0.2, 0) is 0 Å². The molecule has 0 aliphatic heterocycles. The van der Waals surface area contributed by atoms with Crippen LogP contribution in [-0.4, -0.2) is 9.97 Å². The maximum atomic E-state index is 6.26. The number of hydrogen-bond donors (Lipinski definition) is 0. The number of hydrogen-bond acceptors (Lipinski definition) is 3. The van der Waals surface area contributed by atoms with Crippen LogP contribution < -0.4 is 0 Å². The number of rotatable bonds is 6. The van der Waals surface area contributed by atoms with E-state index in [9.17, 15) is 0 Å². The van der Waals surface area contributed by atoms with Crippen molar-refractivity contribution in [2.75, 3.05) is 0 Å². The van der Waals surface area contributed by atoms with Crippen molar-refractivity contribution < 1.29 is 4.42 Å². The molecule has 61 heavy (non-hydrogen) atoms. The first-order valence-corrected chi connectivity index (χ1v) is 20.7. The molecule has 0 atom stereocenters. The maximum Gasteiger partial charge on any atom is 0.160 e. The number of nitrogens with zero attached hydrogens (tertiary/aromatic N) is 2. The summed E-state index contributed by atoms with van der Waals surface area (Å²) < 4.78 is 6.26. The van der Waals surface area contributed by atoms with Gasteiger partial charge in [0.2, 0.25) is 0 Å². The van der Waals surface area contributed by atoms with Crippen LogP contribution in [0.4, 0.5) is 0 Å². The van der Waals surface area contributed by atoms with Gasteiger partial charge in [-0.2, -0.15) is 0 Å². The van der Waals surface area contributed by atoms with Gasteiger partial charge in [-0.1, -0.05) is 194 Å². The van der Waals surface area contributed by atoms with Crippen molar-refractivity contribution in [1.29, 1.82) is 0 Å². The maximum absolute atomic E-state index is 6.26. The Kier molecular flexibility index (Phi) is 8.17. The smallest absolute Gasteiger partial charge is 0.160 e. The highest BCUT2D eigenvalue weighted by Crippen LogP contribution is 2.46. The summed E-state index contributed by atoms with van der Waals surface area (Å²) in [6, 6.07) is 77.6. The molecule has 12 aromatic rings. The fraction of sp³-hybridized carbons (Fsp3) is 0. The Morgan fingerprint density at radius 3 is 1.49 bits per heavy atom. The van der Waals surface area contributed by atoms with Gasteiger partial charge < -0.3 is 4.42 Å². The zero-order chi connectivity index (χ0) is 40.3. The summed E-state index contributed by atoms with van der Waals surface area (Å²) in [5.74, 6) is 0.682. The van der Waals surface area contributed by atoms with Crippen molar-refractivity contribution in [3.05, 3.63) is 218 Å². The van der Waals surface area contributed by atoms with E-state index >= 15 is 0 Å². The molecule has 0 aliphatic carbocycles. The molecule has 284 valence electrons. The quantitative estimate of drug-likeness (QED) is 0.125. The first-order valence-electron chi connectivity index (χ1n) is 20.7. The Bertz CT molecular complexity index is 3610. The van der Waals surface area contributed by atoms with Crippen molar-refractivity contribution in [2.45, 2.75) is 0 Å². The fourth-order valence-corrected chi connectivity index (χ4v) is 9.17. The average molecular weight is 777 g/mol. The monoisotopic (exact) mass is 776 g/mol. The van der Waals surface area contributed by atoms with Crippen LogP contribution in [0.15, 0.2) is 223 Å². The van der Waals surface area contributed by atoms with Gasteiger partial charge in [-0.3, -0.25) is 0 Å². The Labute approximate surface area is 352 Å². The van der Waals surface area contributed by atoms with E-state index in [0.29, 0.717) is 5.82 Å². The summed E-state index contributed by atoms with van der Waals surface area (Å²) in [5.41, 5.74) is 13.6. The van der Waals surface area contributed by atoms with Crippen LogP contribution in [0.3, 0.4) is 0 Å². The van der Waals surface area contributed by atoms with Gasteiger partial charge in [-0.05, 0) is 90.0 Å². The zero-order valence-electron chi connectivity index (χ0n) is 33.1. The highest BCUT2D eigenvalue weighted by molar-refractivity contribution is 6.28. The molecule has 0 bridgehead atoms. The van der Waals surface area contributed by atoms with Gasteiger partial charge in [0.05, 0.1) is 11.4 Å². The van der Waals surface area contributed by atoms with E-state index in [-0.39, 0.29) is 0 Å². The number of para-hydroxylation sites is 1. The molecule has 0 saturated carbocycles. The molecule has 3 heteroatoms. The van der Waals surface area contributed by atoms with Crippen LogP contribution in [0.2, 0.25) is 0 Å². The summed E-state index contributed by atoms with van der Waals surface area (Å²) in [7, 11) is 0. The van der Waals surface area contributed by atoms with Gasteiger partial charge in [0.25, 0.3) is 0 Å². The van der Waals surface area contributed by atoms with E-state index in [1.165, 1.54) is 54.6 Å². The summed E-state index contributed by atoms with van der Waals surface area (Å²) >= 11 is 0. The van der Waals surface area contributed by atoms with E-state index in [2.05, 4.69) is 182 Å². The van der Waals surface area contributed by atoms with E-state index in [0.717, 1.165) is 61.1 Å². The van der Waals surface area contributed by atoms with Crippen LogP contribution in [0, 0.1) is 0 Å². The minimum absolute atomic E-state index is 0.682. The molecule has 10 aromatic carbocycles. The Morgan fingerprint density at radius 2 is 0.770 bits per heavy atom. The van der Waals surface area contributed by atoms with Crippen LogP contribution in [0.5, 0.6) is 0 Å². The lowest BCUT2D eigenvalue weighted by Gasteiger charge is -2.19. The predicted octanol–water partition coefficient (Wildman–Crippen LogP) is 15.8. The largest absolute Gasteiger partial charge is 0.456 e. The van der Waals surface area contributed by atoms with Crippen molar-refractivity contribution in [2.24, 2.45) is 0 Å². The summed E-state index contributed by atoms with van der Waals surface area (Å²) in [5, 5.41) is 9.75. The molecule has 0 fully saturated rings. The van der Waals surface area contributed by atoms with Crippen molar-refractivity contribution in [3.63, 3.8) is 0 Å². The van der Waals surface area contributed by atoms with Crippen LogP contribution in [0.25, 0.3) is 122 Å². The van der Waals surface area contributed by atoms with Gasteiger partial charge in [-0.25, -0.2) is 9.97 Å². The molecule has 0 aliphatic rings. The molecule has 0 unspecified atom stereocenters. The minimum Gasteiger partial charge on any atom is -0.456 e. The molecule has 2 aromatic heterocycles. The topological polar surface area (TPSA) is 38.9 Å². The molecule has 0 spiro atoms. The van der Waals surface area contributed by atoms with Crippen molar-refractivity contribution >= 4 is 54.3 Å². The van der Waals surface area contributed by atoms with E-state index in [1.54, 1.807) is 0 Å². The van der Waals surface area contributed by atoms with E-state index in [4.69, 9.17) is 14.4 Å². The normalized spacial score (nSPS) is 11.6. The third-order valence-electron chi connectivity index (χ3n) is 12.1. The number of fused-ring (bicyclic) bond motifs is 7. The molecule has 3 nitrogen and oxygen atoms in total. The molecule has 0 radical (unpaired) electrons. The lowest BCUT2D eigenvalue weighted by molar-refractivity contribution is 0.669. The van der Waals surface area contributed by atoms with Gasteiger partial charge >= 0.3 is 0 Å². The zero-order valence-corrected chi connectivity index (χ0v) is 33.1. The molecule has 2 heterocycles. The minimum atomic E-state index is 0.682. The molecule has 0 N–H and O–H groups in total. The Balaban J connectivity index is 0.941. The molecule has 0 amide bonds. The molecule has 0 saturated heterocycles. The first-order chi connectivity index (χ1) is 30.2. The second-order valence-corrected chi connectivity index (χ2v) is 15.7. The van der Waals surface area contributed by atoms with Gasteiger partial charge in [-0.15, -0.1) is 0 Å². The number of furan rings is 1. The Morgan fingerprint density at radius 1 is 0.279 bits per heavy atom. The molecular formula is C58H36N2O. The van der Waals surface area contributed by atoms with Crippen molar-refractivity contribution in [1.82, 2.24) is 9.97 Å². The first kappa shape index (κ1) is 34.9.